The Morgan fingerprint density at radius 1 is 1.10 bits per heavy atom. The summed E-state index contributed by atoms with van der Waals surface area (Å²) in [5.41, 5.74) is 0.533. The molecule has 0 unspecified atom stereocenters. The topological polar surface area (TPSA) is 66.9 Å². The highest BCUT2D eigenvalue weighted by molar-refractivity contribution is 6.20. The maximum absolute atomic E-state index is 12.0. The highest BCUT2D eigenvalue weighted by Gasteiger charge is 2.38. The Morgan fingerprint density at radius 3 is 2.19 bits per heavy atom. The molecule has 21 heavy (non-hydrogen) atoms. The minimum Gasteiger partial charge on any atom is -0.330 e. The number of unbranched alkanes of at least 4 members (excludes halogenated alkanes) is 1. The highest BCUT2D eigenvalue weighted by Crippen LogP contribution is 2.22. The number of rotatable bonds is 6. The van der Waals surface area contributed by atoms with Crippen LogP contribution >= 0.6 is 0 Å². The van der Waals surface area contributed by atoms with Crippen LogP contribution in [0, 0.1) is 0 Å². The van der Waals surface area contributed by atoms with Gasteiger partial charge in [-0.25, -0.2) is 4.79 Å². The van der Waals surface area contributed by atoms with E-state index in [2.05, 4.69) is 0 Å². The molecular weight excluding hydrogens is 272 g/mol. The third-order valence-electron chi connectivity index (χ3n) is 3.19. The molecule has 1 aromatic carbocycles. The molecule has 0 aromatic heterocycles. The fraction of sp³-hybridized carbons (Fsp3) is 0.400. The summed E-state index contributed by atoms with van der Waals surface area (Å²) in [5, 5.41) is 0.555. The number of hydrogen-bond acceptors (Lipinski definition) is 5. The Morgan fingerprint density at radius 2 is 1.67 bits per heavy atom. The van der Waals surface area contributed by atoms with E-state index in [4.69, 9.17) is 4.84 Å². The smallest absolute Gasteiger partial charge is 0.330 e. The number of nitrogens with zero attached hydrogens (tertiary/aromatic N) is 2. The molecule has 1 heterocycles. The van der Waals surface area contributed by atoms with Crippen LogP contribution in [0.4, 0.5) is 0 Å². The molecule has 0 aliphatic carbocycles. The van der Waals surface area contributed by atoms with Crippen LogP contribution in [0.1, 0.15) is 40.0 Å². The molecule has 0 N–H and O–H groups in total. The fourth-order valence-electron chi connectivity index (χ4n) is 2.09. The molecule has 0 radical (unpaired) electrons. The number of imide groups is 1. The van der Waals surface area contributed by atoms with E-state index in [9.17, 15) is 14.4 Å². The number of fused-ring (bicyclic) bond motifs is 1. The molecule has 1 aromatic rings. The molecule has 0 bridgehead atoms. The van der Waals surface area contributed by atoms with Crippen molar-refractivity contribution >= 4 is 17.8 Å². The van der Waals surface area contributed by atoms with E-state index < -0.39 is 17.8 Å². The Kier molecular flexibility index (Phi) is 4.70. The van der Waals surface area contributed by atoms with Crippen molar-refractivity contribution in [2.24, 2.45) is 0 Å². The third-order valence-corrected chi connectivity index (χ3v) is 3.19. The van der Waals surface area contributed by atoms with E-state index in [0.717, 1.165) is 13.0 Å². The van der Waals surface area contributed by atoms with Gasteiger partial charge in [0.1, 0.15) is 0 Å². The van der Waals surface area contributed by atoms with Crippen molar-refractivity contribution in [2.45, 2.75) is 19.3 Å². The van der Waals surface area contributed by atoms with Crippen molar-refractivity contribution < 1.29 is 19.2 Å². The van der Waals surface area contributed by atoms with Crippen molar-refractivity contribution in [3.8, 4) is 0 Å². The van der Waals surface area contributed by atoms with E-state index in [1.165, 1.54) is 0 Å². The first-order chi connectivity index (χ1) is 10.0. The van der Waals surface area contributed by atoms with Crippen LogP contribution in [0.5, 0.6) is 0 Å². The zero-order chi connectivity index (χ0) is 15.4. The second kappa shape index (κ2) is 6.49. The van der Waals surface area contributed by atoms with E-state index >= 15 is 0 Å². The molecule has 2 rings (SSSR count). The first kappa shape index (κ1) is 15.2. The molecule has 2 amide bonds. The van der Waals surface area contributed by atoms with Crippen molar-refractivity contribution in [3.63, 3.8) is 0 Å². The molecule has 0 spiro atoms. The van der Waals surface area contributed by atoms with Crippen LogP contribution in [0.25, 0.3) is 0 Å². The van der Waals surface area contributed by atoms with E-state index in [-0.39, 0.29) is 17.5 Å². The average Bonchev–Trinajstić information content (AvgIpc) is 2.69. The first-order valence-electron chi connectivity index (χ1n) is 6.84. The predicted molar refractivity (Wildman–Crippen MR) is 75.4 cm³/mol. The maximum Gasteiger partial charge on any atom is 0.333 e. The van der Waals surface area contributed by atoms with Crippen LogP contribution in [-0.4, -0.2) is 48.4 Å². The number of carbonyl (C=O) groups excluding carboxylic acids is 3. The van der Waals surface area contributed by atoms with E-state index in [1.54, 1.807) is 24.3 Å². The van der Waals surface area contributed by atoms with Crippen molar-refractivity contribution in [1.29, 1.82) is 0 Å². The summed E-state index contributed by atoms with van der Waals surface area (Å²) < 4.78 is 0. The van der Waals surface area contributed by atoms with Crippen LogP contribution in [0.15, 0.2) is 24.3 Å². The summed E-state index contributed by atoms with van der Waals surface area (Å²) >= 11 is 0. The van der Waals surface area contributed by atoms with Gasteiger partial charge in [-0.2, -0.15) is 0 Å². The molecule has 0 fully saturated rings. The molecule has 1 aliphatic heterocycles. The molecule has 0 saturated heterocycles. The van der Waals surface area contributed by atoms with Crippen LogP contribution in [0.3, 0.4) is 0 Å². The standard InChI is InChI=1S/C15H18N2O4/c1-16(2)10-6-5-9-13(18)21-17-14(19)11-7-3-4-8-12(11)15(17)20/h3-4,7-8H,5-6,9-10H2,1-2H3. The van der Waals surface area contributed by atoms with Gasteiger partial charge in [0.25, 0.3) is 11.8 Å². The minimum absolute atomic E-state index is 0.182. The van der Waals surface area contributed by atoms with E-state index in [0.29, 0.717) is 11.5 Å². The molecule has 0 saturated carbocycles. The lowest BCUT2D eigenvalue weighted by molar-refractivity contribution is -0.168. The summed E-state index contributed by atoms with van der Waals surface area (Å²) in [6.07, 6.45) is 1.69. The zero-order valence-corrected chi connectivity index (χ0v) is 12.2. The minimum atomic E-state index is -0.586. The number of hydrogen-bond donors (Lipinski definition) is 0. The molecule has 6 nitrogen and oxygen atoms in total. The van der Waals surface area contributed by atoms with Crippen LogP contribution in [-0.2, 0) is 9.63 Å². The number of amides is 2. The van der Waals surface area contributed by atoms with E-state index in [1.807, 2.05) is 19.0 Å². The zero-order valence-electron chi connectivity index (χ0n) is 12.2. The number of hydroxylamine groups is 2. The van der Waals surface area contributed by atoms with Gasteiger partial charge in [0.2, 0.25) is 0 Å². The van der Waals surface area contributed by atoms with Crippen LogP contribution < -0.4 is 0 Å². The Labute approximate surface area is 123 Å². The second-order valence-electron chi connectivity index (χ2n) is 5.17. The second-order valence-corrected chi connectivity index (χ2v) is 5.17. The molecule has 6 heteroatoms. The molecular formula is C15H18N2O4. The Hall–Kier alpha value is -2.21. The normalized spacial score (nSPS) is 13.8. The monoisotopic (exact) mass is 290 g/mol. The maximum atomic E-state index is 12.0. The number of benzene rings is 1. The number of carbonyl (C=O) groups is 3. The third kappa shape index (κ3) is 3.46. The quantitative estimate of drug-likeness (QED) is 0.586. The Bertz CT molecular complexity index is 534. The molecule has 112 valence electrons. The van der Waals surface area contributed by atoms with Gasteiger partial charge in [-0.1, -0.05) is 17.2 Å². The lowest BCUT2D eigenvalue weighted by atomic mass is 10.1. The van der Waals surface area contributed by atoms with Crippen LogP contribution in [0.2, 0.25) is 0 Å². The molecule has 1 aliphatic rings. The first-order valence-corrected chi connectivity index (χ1v) is 6.84. The predicted octanol–water partition coefficient (Wildman–Crippen LogP) is 1.47. The van der Waals surface area contributed by atoms with Gasteiger partial charge in [0, 0.05) is 6.42 Å². The van der Waals surface area contributed by atoms with Crippen molar-refractivity contribution in [2.75, 3.05) is 20.6 Å². The van der Waals surface area contributed by atoms with Gasteiger partial charge < -0.3 is 9.74 Å². The SMILES string of the molecule is CN(C)CCCCC(=O)ON1C(=O)c2ccccc2C1=O. The van der Waals surface area contributed by atoms with Gasteiger partial charge in [-0.3, -0.25) is 9.59 Å². The van der Waals surface area contributed by atoms with Crippen molar-refractivity contribution in [1.82, 2.24) is 9.96 Å². The fourth-order valence-corrected chi connectivity index (χ4v) is 2.09. The average molecular weight is 290 g/mol. The summed E-state index contributed by atoms with van der Waals surface area (Å²) in [7, 11) is 3.91. The lowest BCUT2D eigenvalue weighted by Crippen LogP contribution is -2.32. The van der Waals surface area contributed by atoms with Gasteiger partial charge in [-0.15, -0.1) is 0 Å². The molecule has 0 atom stereocenters. The highest BCUT2D eigenvalue weighted by atomic mass is 16.7. The van der Waals surface area contributed by atoms with Gasteiger partial charge in [0.05, 0.1) is 11.1 Å². The lowest BCUT2D eigenvalue weighted by Gasteiger charge is -2.13. The van der Waals surface area contributed by atoms with Gasteiger partial charge in [0.15, 0.2) is 0 Å². The summed E-state index contributed by atoms with van der Waals surface area (Å²) in [5.74, 6) is -1.74. The van der Waals surface area contributed by atoms with Gasteiger partial charge in [-0.05, 0) is 45.6 Å². The summed E-state index contributed by atoms with van der Waals surface area (Å²) in [6.45, 7) is 0.875. The largest absolute Gasteiger partial charge is 0.333 e. The summed E-state index contributed by atoms with van der Waals surface area (Å²) in [4.78, 5) is 42.6. The Balaban J connectivity index is 1.88. The van der Waals surface area contributed by atoms with Gasteiger partial charge >= 0.3 is 5.97 Å². The van der Waals surface area contributed by atoms with Crippen molar-refractivity contribution in [3.05, 3.63) is 35.4 Å². The summed E-state index contributed by atoms with van der Waals surface area (Å²) in [6, 6.07) is 6.41.